The SMILES string of the molecule is O=c1nc(SCc2ccc(F)c(F)c2F)[nH]c2c1CCC2. The number of halogens is 3. The van der Waals surface area contributed by atoms with Crippen LogP contribution in [-0.4, -0.2) is 9.97 Å². The summed E-state index contributed by atoms with van der Waals surface area (Å²) in [5, 5.41) is 0.366. The molecule has 1 N–H and O–H groups in total. The van der Waals surface area contributed by atoms with Gasteiger partial charge in [0, 0.05) is 22.6 Å². The van der Waals surface area contributed by atoms with Crippen molar-refractivity contribution in [3.05, 3.63) is 56.8 Å². The molecule has 21 heavy (non-hydrogen) atoms. The van der Waals surface area contributed by atoms with Gasteiger partial charge >= 0.3 is 0 Å². The predicted molar refractivity (Wildman–Crippen MR) is 72.8 cm³/mol. The first kappa shape index (κ1) is 14.2. The molecule has 0 bridgehead atoms. The van der Waals surface area contributed by atoms with E-state index in [4.69, 9.17) is 0 Å². The summed E-state index contributed by atoms with van der Waals surface area (Å²) in [6.07, 6.45) is 2.43. The van der Waals surface area contributed by atoms with Crippen LogP contribution in [0.2, 0.25) is 0 Å². The molecule has 1 aliphatic rings. The molecule has 0 unspecified atom stereocenters. The van der Waals surface area contributed by atoms with Gasteiger partial charge in [0.05, 0.1) is 0 Å². The Morgan fingerprint density at radius 1 is 1.19 bits per heavy atom. The summed E-state index contributed by atoms with van der Waals surface area (Å²) in [5.41, 5.74) is 1.33. The molecule has 0 saturated carbocycles. The molecule has 0 fully saturated rings. The number of aromatic nitrogens is 2. The highest BCUT2D eigenvalue weighted by Gasteiger charge is 2.18. The molecule has 0 spiro atoms. The first-order chi connectivity index (χ1) is 10.1. The lowest BCUT2D eigenvalue weighted by Gasteiger charge is -2.06. The molecule has 0 amide bonds. The largest absolute Gasteiger partial charge is 0.338 e. The molecule has 1 aliphatic carbocycles. The van der Waals surface area contributed by atoms with Crippen molar-refractivity contribution in [3.63, 3.8) is 0 Å². The first-order valence-electron chi connectivity index (χ1n) is 6.43. The fourth-order valence-electron chi connectivity index (χ4n) is 2.33. The van der Waals surface area contributed by atoms with Crippen LogP contribution in [0.5, 0.6) is 0 Å². The van der Waals surface area contributed by atoms with Gasteiger partial charge in [-0.15, -0.1) is 0 Å². The van der Waals surface area contributed by atoms with Gasteiger partial charge < -0.3 is 4.98 Å². The number of aryl methyl sites for hydroxylation is 1. The highest BCUT2D eigenvalue weighted by atomic mass is 32.2. The predicted octanol–water partition coefficient (Wildman–Crippen LogP) is 2.97. The molecule has 1 heterocycles. The number of hydrogen-bond donors (Lipinski definition) is 1. The van der Waals surface area contributed by atoms with E-state index in [1.807, 2.05) is 0 Å². The van der Waals surface area contributed by atoms with Gasteiger partial charge in [0.2, 0.25) is 0 Å². The number of nitrogens with zero attached hydrogens (tertiary/aromatic N) is 1. The van der Waals surface area contributed by atoms with Gasteiger partial charge in [0.25, 0.3) is 5.56 Å². The number of hydrogen-bond acceptors (Lipinski definition) is 3. The molecular formula is C14H11F3N2OS. The monoisotopic (exact) mass is 312 g/mol. The Hall–Kier alpha value is -1.76. The maximum Gasteiger partial charge on any atom is 0.277 e. The van der Waals surface area contributed by atoms with Gasteiger partial charge in [0.15, 0.2) is 22.6 Å². The molecule has 0 radical (unpaired) electrons. The third kappa shape index (κ3) is 2.70. The summed E-state index contributed by atoms with van der Waals surface area (Å²) in [6.45, 7) is 0. The lowest BCUT2D eigenvalue weighted by atomic mass is 10.2. The van der Waals surface area contributed by atoms with Gasteiger partial charge in [-0.1, -0.05) is 17.8 Å². The minimum Gasteiger partial charge on any atom is -0.338 e. The molecule has 2 aromatic rings. The van der Waals surface area contributed by atoms with E-state index in [0.717, 1.165) is 42.8 Å². The summed E-state index contributed by atoms with van der Waals surface area (Å²) in [4.78, 5) is 18.7. The van der Waals surface area contributed by atoms with Crippen molar-refractivity contribution in [1.29, 1.82) is 0 Å². The third-order valence-electron chi connectivity index (χ3n) is 3.42. The van der Waals surface area contributed by atoms with E-state index in [0.29, 0.717) is 10.7 Å². The van der Waals surface area contributed by atoms with Gasteiger partial charge in [0.1, 0.15) is 0 Å². The zero-order valence-electron chi connectivity index (χ0n) is 10.9. The zero-order valence-corrected chi connectivity index (χ0v) is 11.7. The molecule has 7 heteroatoms. The number of benzene rings is 1. The van der Waals surface area contributed by atoms with Crippen LogP contribution >= 0.6 is 11.8 Å². The minimum absolute atomic E-state index is 0.0297. The molecule has 1 aromatic carbocycles. The number of H-pyrrole nitrogens is 1. The Morgan fingerprint density at radius 2 is 2.00 bits per heavy atom. The highest BCUT2D eigenvalue weighted by Crippen LogP contribution is 2.25. The van der Waals surface area contributed by atoms with E-state index < -0.39 is 17.5 Å². The molecule has 0 saturated heterocycles. The number of rotatable bonds is 3. The normalized spacial score (nSPS) is 13.5. The number of fused-ring (bicyclic) bond motifs is 1. The Kier molecular flexibility index (Phi) is 3.75. The Bertz CT molecular complexity index is 761. The third-order valence-corrected chi connectivity index (χ3v) is 4.34. The van der Waals surface area contributed by atoms with Crippen molar-refractivity contribution >= 4 is 11.8 Å². The summed E-state index contributed by atoms with van der Waals surface area (Å²) in [6, 6.07) is 2.07. The number of aromatic amines is 1. The summed E-state index contributed by atoms with van der Waals surface area (Å²) >= 11 is 1.09. The lowest BCUT2D eigenvalue weighted by molar-refractivity contribution is 0.443. The minimum atomic E-state index is -1.48. The van der Waals surface area contributed by atoms with Crippen LogP contribution < -0.4 is 5.56 Å². The average molecular weight is 312 g/mol. The van der Waals surface area contributed by atoms with Crippen LogP contribution in [0, 0.1) is 17.5 Å². The van der Waals surface area contributed by atoms with E-state index in [-0.39, 0.29) is 16.9 Å². The van der Waals surface area contributed by atoms with Crippen molar-refractivity contribution in [2.45, 2.75) is 30.2 Å². The summed E-state index contributed by atoms with van der Waals surface area (Å²) in [5.74, 6) is -3.84. The molecule has 0 atom stereocenters. The van der Waals surface area contributed by atoms with E-state index in [1.54, 1.807) is 0 Å². The van der Waals surface area contributed by atoms with Gasteiger partial charge in [-0.25, -0.2) is 13.2 Å². The van der Waals surface area contributed by atoms with Crippen LogP contribution in [0.4, 0.5) is 13.2 Å². The molecule has 3 nitrogen and oxygen atoms in total. The molecule has 0 aliphatic heterocycles. The topological polar surface area (TPSA) is 45.8 Å². The van der Waals surface area contributed by atoms with Crippen LogP contribution in [-0.2, 0) is 18.6 Å². The maximum atomic E-state index is 13.5. The summed E-state index contributed by atoms with van der Waals surface area (Å²) < 4.78 is 39.5. The molecule has 3 rings (SSSR count). The maximum absolute atomic E-state index is 13.5. The smallest absolute Gasteiger partial charge is 0.277 e. The van der Waals surface area contributed by atoms with Crippen LogP contribution in [0.1, 0.15) is 23.2 Å². The second-order valence-electron chi connectivity index (χ2n) is 4.78. The second kappa shape index (κ2) is 5.55. The van der Waals surface area contributed by atoms with Gasteiger partial charge in [-0.2, -0.15) is 4.98 Å². The Balaban J connectivity index is 1.81. The second-order valence-corrected chi connectivity index (χ2v) is 5.74. The molecule has 110 valence electrons. The number of thioether (sulfide) groups is 1. The quantitative estimate of drug-likeness (QED) is 0.538. The van der Waals surface area contributed by atoms with Gasteiger partial charge in [-0.05, 0) is 25.3 Å². The Labute approximate surface area is 122 Å². The van der Waals surface area contributed by atoms with Crippen molar-refractivity contribution in [3.8, 4) is 0 Å². The fraction of sp³-hybridized carbons (Fsp3) is 0.286. The first-order valence-corrected chi connectivity index (χ1v) is 7.42. The highest BCUT2D eigenvalue weighted by molar-refractivity contribution is 7.98. The van der Waals surface area contributed by atoms with Gasteiger partial charge in [-0.3, -0.25) is 4.79 Å². The van der Waals surface area contributed by atoms with Crippen molar-refractivity contribution < 1.29 is 13.2 Å². The molecule has 1 aromatic heterocycles. The Morgan fingerprint density at radius 3 is 2.81 bits per heavy atom. The van der Waals surface area contributed by atoms with Crippen LogP contribution in [0.15, 0.2) is 22.1 Å². The van der Waals surface area contributed by atoms with Crippen LogP contribution in [0.25, 0.3) is 0 Å². The lowest BCUT2D eigenvalue weighted by Crippen LogP contribution is -2.15. The molecular weight excluding hydrogens is 301 g/mol. The average Bonchev–Trinajstić information content (AvgIpc) is 2.93. The van der Waals surface area contributed by atoms with Crippen LogP contribution in [0.3, 0.4) is 0 Å². The van der Waals surface area contributed by atoms with Crippen molar-refractivity contribution in [2.75, 3.05) is 0 Å². The van der Waals surface area contributed by atoms with Crippen molar-refractivity contribution in [1.82, 2.24) is 9.97 Å². The van der Waals surface area contributed by atoms with E-state index >= 15 is 0 Å². The van der Waals surface area contributed by atoms with E-state index in [9.17, 15) is 18.0 Å². The fourth-order valence-corrected chi connectivity index (χ4v) is 3.18. The standard InChI is InChI=1S/C14H11F3N2OS/c15-9-5-4-7(11(16)12(9)17)6-21-14-18-10-3-1-2-8(10)13(20)19-14/h4-5H,1-3,6H2,(H,18,19,20). The van der Waals surface area contributed by atoms with E-state index in [2.05, 4.69) is 9.97 Å². The van der Waals surface area contributed by atoms with Crippen molar-refractivity contribution in [2.24, 2.45) is 0 Å². The number of nitrogens with one attached hydrogen (secondary N) is 1. The van der Waals surface area contributed by atoms with E-state index in [1.165, 1.54) is 6.07 Å². The zero-order chi connectivity index (χ0) is 15.0. The summed E-state index contributed by atoms with van der Waals surface area (Å²) in [7, 11) is 0.